The summed E-state index contributed by atoms with van der Waals surface area (Å²) in [6, 6.07) is 0. The Hall–Kier alpha value is -2.22. The lowest BCUT2D eigenvalue weighted by Crippen LogP contribution is -2.40. The molecule has 144 valence electrons. The number of aromatic nitrogens is 3. The van der Waals surface area contributed by atoms with Crippen LogP contribution >= 0.6 is 0 Å². The molecule has 2 atom stereocenters. The van der Waals surface area contributed by atoms with Crippen LogP contribution in [-0.4, -0.2) is 57.2 Å². The lowest BCUT2D eigenvalue weighted by atomic mass is 9.81. The summed E-state index contributed by atoms with van der Waals surface area (Å²) in [5.74, 6) is 3.05. The second-order valence-electron chi connectivity index (χ2n) is 8.47. The minimum absolute atomic E-state index is 0.240. The SMILES string of the molecule is Cc1noc([C@]23CN(Cc4c(C)noc4C)C[C@H]2CN(C(=O)C2CC2)C3)n1. The van der Waals surface area contributed by atoms with E-state index >= 15 is 0 Å². The molecule has 1 aliphatic carbocycles. The van der Waals surface area contributed by atoms with E-state index in [0.717, 1.165) is 56.0 Å². The molecular weight excluding hydrogens is 346 g/mol. The standard InChI is InChI=1S/C19H25N5O3/c1-11-16(12(2)26-21-11)8-23-6-15-7-24(17(25)14-4-5-14)10-19(15,9-23)18-20-13(3)22-27-18/h14-15H,4-10H2,1-3H3/t15-,19-/m0/s1. The lowest BCUT2D eigenvalue weighted by Gasteiger charge is -2.26. The minimum atomic E-state index is -0.273. The van der Waals surface area contributed by atoms with Gasteiger partial charge >= 0.3 is 0 Å². The first-order valence-electron chi connectivity index (χ1n) is 9.70. The summed E-state index contributed by atoms with van der Waals surface area (Å²) in [5, 5.41) is 8.11. The molecule has 2 aromatic heterocycles. The van der Waals surface area contributed by atoms with Gasteiger partial charge in [-0.05, 0) is 33.6 Å². The highest BCUT2D eigenvalue weighted by atomic mass is 16.5. The molecule has 0 bridgehead atoms. The quantitative estimate of drug-likeness (QED) is 0.806. The molecule has 3 fully saturated rings. The fraction of sp³-hybridized carbons (Fsp3) is 0.684. The van der Waals surface area contributed by atoms with Crippen molar-refractivity contribution in [3.8, 4) is 0 Å². The average molecular weight is 371 g/mol. The Bertz CT molecular complexity index is 866. The van der Waals surface area contributed by atoms with Crippen LogP contribution in [-0.2, 0) is 16.8 Å². The van der Waals surface area contributed by atoms with Gasteiger partial charge in [0.25, 0.3) is 0 Å². The maximum absolute atomic E-state index is 12.7. The zero-order valence-corrected chi connectivity index (χ0v) is 16.1. The Kier molecular flexibility index (Phi) is 3.69. The number of rotatable bonds is 4. The molecule has 0 unspecified atom stereocenters. The topological polar surface area (TPSA) is 88.5 Å². The fourth-order valence-corrected chi connectivity index (χ4v) is 4.80. The van der Waals surface area contributed by atoms with E-state index in [0.29, 0.717) is 30.1 Å². The number of nitrogens with zero attached hydrogens (tertiary/aromatic N) is 5. The van der Waals surface area contributed by atoms with Gasteiger partial charge in [0.2, 0.25) is 11.8 Å². The summed E-state index contributed by atoms with van der Waals surface area (Å²) in [5.41, 5.74) is 1.82. The van der Waals surface area contributed by atoms with E-state index < -0.39 is 0 Å². The second kappa shape index (κ2) is 5.89. The average Bonchev–Trinajstić information content (AvgIpc) is 2.99. The zero-order valence-electron chi connectivity index (χ0n) is 16.1. The van der Waals surface area contributed by atoms with Crippen LogP contribution in [0.5, 0.6) is 0 Å². The molecule has 27 heavy (non-hydrogen) atoms. The van der Waals surface area contributed by atoms with Crippen LogP contribution in [0.25, 0.3) is 0 Å². The third-order valence-electron chi connectivity index (χ3n) is 6.43. The highest BCUT2D eigenvalue weighted by Gasteiger charge is 2.58. The fourth-order valence-electron chi connectivity index (χ4n) is 4.80. The number of hydrogen-bond donors (Lipinski definition) is 0. The number of amides is 1. The molecule has 2 aliphatic heterocycles. The van der Waals surface area contributed by atoms with Gasteiger partial charge in [0.15, 0.2) is 5.82 Å². The van der Waals surface area contributed by atoms with Crippen LogP contribution < -0.4 is 0 Å². The molecule has 0 aromatic carbocycles. The van der Waals surface area contributed by atoms with Crippen LogP contribution in [0, 0.1) is 32.6 Å². The number of hydrogen-bond acceptors (Lipinski definition) is 7. The van der Waals surface area contributed by atoms with Gasteiger partial charge in [0, 0.05) is 50.1 Å². The summed E-state index contributed by atoms with van der Waals surface area (Å²) in [6.07, 6.45) is 2.07. The molecule has 3 aliphatic rings. The van der Waals surface area contributed by atoms with Crippen LogP contribution in [0.4, 0.5) is 0 Å². The van der Waals surface area contributed by atoms with Crippen molar-refractivity contribution in [1.29, 1.82) is 0 Å². The predicted molar refractivity (Wildman–Crippen MR) is 94.8 cm³/mol. The zero-order chi connectivity index (χ0) is 18.8. The number of likely N-dealkylation sites (tertiary alicyclic amines) is 2. The molecule has 8 nitrogen and oxygen atoms in total. The summed E-state index contributed by atoms with van der Waals surface area (Å²) in [7, 11) is 0. The molecule has 0 N–H and O–H groups in total. The van der Waals surface area contributed by atoms with Crippen molar-refractivity contribution in [3.05, 3.63) is 28.7 Å². The molecule has 0 spiro atoms. The maximum atomic E-state index is 12.7. The third-order valence-corrected chi connectivity index (χ3v) is 6.43. The van der Waals surface area contributed by atoms with Gasteiger partial charge in [-0.2, -0.15) is 4.98 Å². The molecule has 0 radical (unpaired) electrons. The van der Waals surface area contributed by atoms with Gasteiger partial charge in [-0.1, -0.05) is 10.3 Å². The van der Waals surface area contributed by atoms with Gasteiger partial charge in [0.1, 0.15) is 5.76 Å². The molecule has 2 saturated heterocycles. The summed E-state index contributed by atoms with van der Waals surface area (Å²) < 4.78 is 11.0. The van der Waals surface area contributed by atoms with E-state index in [2.05, 4.69) is 20.2 Å². The number of fused-ring (bicyclic) bond motifs is 1. The molecule has 2 aromatic rings. The normalized spacial score (nSPS) is 28.1. The third kappa shape index (κ3) is 2.69. The van der Waals surface area contributed by atoms with E-state index in [-0.39, 0.29) is 11.3 Å². The van der Waals surface area contributed by atoms with Crippen molar-refractivity contribution >= 4 is 5.91 Å². The van der Waals surface area contributed by atoms with E-state index in [9.17, 15) is 4.79 Å². The first-order chi connectivity index (χ1) is 13.0. The van der Waals surface area contributed by atoms with Crippen molar-refractivity contribution < 1.29 is 13.8 Å². The minimum Gasteiger partial charge on any atom is -0.361 e. The smallest absolute Gasteiger partial charge is 0.236 e. The predicted octanol–water partition coefficient (Wildman–Crippen LogP) is 1.60. The van der Waals surface area contributed by atoms with E-state index in [1.165, 1.54) is 0 Å². The van der Waals surface area contributed by atoms with Crippen LogP contribution in [0.1, 0.15) is 41.6 Å². The van der Waals surface area contributed by atoms with Crippen molar-refractivity contribution in [1.82, 2.24) is 25.1 Å². The highest BCUT2D eigenvalue weighted by Crippen LogP contribution is 2.46. The van der Waals surface area contributed by atoms with Crippen LogP contribution in [0.15, 0.2) is 9.05 Å². The van der Waals surface area contributed by atoms with E-state index in [1.807, 2.05) is 25.7 Å². The first-order valence-corrected chi connectivity index (χ1v) is 9.70. The summed E-state index contributed by atoms with van der Waals surface area (Å²) in [4.78, 5) is 21.7. The largest absolute Gasteiger partial charge is 0.361 e. The van der Waals surface area contributed by atoms with Crippen molar-refractivity contribution in [2.24, 2.45) is 11.8 Å². The van der Waals surface area contributed by atoms with Gasteiger partial charge < -0.3 is 13.9 Å². The monoisotopic (exact) mass is 371 g/mol. The Balaban J connectivity index is 1.42. The molecule has 8 heteroatoms. The highest BCUT2D eigenvalue weighted by molar-refractivity contribution is 5.81. The summed E-state index contributed by atoms with van der Waals surface area (Å²) >= 11 is 0. The van der Waals surface area contributed by atoms with E-state index in [1.54, 1.807) is 0 Å². The molecular formula is C19H25N5O3. The Morgan fingerprint density at radius 1 is 1.15 bits per heavy atom. The number of carbonyl (C=O) groups is 1. The van der Waals surface area contributed by atoms with Crippen LogP contribution in [0.3, 0.4) is 0 Å². The Morgan fingerprint density at radius 3 is 2.59 bits per heavy atom. The van der Waals surface area contributed by atoms with Crippen LogP contribution in [0.2, 0.25) is 0 Å². The van der Waals surface area contributed by atoms with Gasteiger partial charge in [-0.3, -0.25) is 9.69 Å². The van der Waals surface area contributed by atoms with Gasteiger partial charge in [-0.15, -0.1) is 0 Å². The molecule has 1 amide bonds. The second-order valence-corrected chi connectivity index (χ2v) is 8.47. The molecule has 1 saturated carbocycles. The number of aryl methyl sites for hydroxylation is 3. The van der Waals surface area contributed by atoms with E-state index in [4.69, 9.17) is 9.05 Å². The molecule has 5 rings (SSSR count). The van der Waals surface area contributed by atoms with Crippen molar-refractivity contribution in [3.63, 3.8) is 0 Å². The summed E-state index contributed by atoms with van der Waals surface area (Å²) in [6.45, 7) is 9.73. The Morgan fingerprint density at radius 2 is 1.96 bits per heavy atom. The van der Waals surface area contributed by atoms with Crippen molar-refractivity contribution in [2.75, 3.05) is 26.2 Å². The first kappa shape index (κ1) is 16.9. The number of carbonyl (C=O) groups excluding carboxylic acids is 1. The van der Waals surface area contributed by atoms with Gasteiger partial charge in [-0.25, -0.2) is 0 Å². The maximum Gasteiger partial charge on any atom is 0.236 e. The lowest BCUT2D eigenvalue weighted by molar-refractivity contribution is -0.132. The molecule has 4 heterocycles. The van der Waals surface area contributed by atoms with Crippen molar-refractivity contribution in [2.45, 2.75) is 45.6 Å². The van der Waals surface area contributed by atoms with Gasteiger partial charge in [0.05, 0.1) is 11.1 Å². The Labute approximate surface area is 157 Å².